The van der Waals surface area contributed by atoms with Gasteiger partial charge in [0.05, 0.1) is 12.0 Å². The van der Waals surface area contributed by atoms with Gasteiger partial charge < -0.3 is 10.2 Å². The van der Waals surface area contributed by atoms with Gasteiger partial charge >= 0.3 is 11.9 Å². The van der Waals surface area contributed by atoms with Gasteiger partial charge in [-0.2, -0.15) is 0 Å². The molecule has 1 aromatic carbocycles. The summed E-state index contributed by atoms with van der Waals surface area (Å²) >= 11 is 5.61. The predicted molar refractivity (Wildman–Crippen MR) is 54.3 cm³/mol. The molecule has 5 heteroatoms. The van der Waals surface area contributed by atoms with Crippen LogP contribution in [0.4, 0.5) is 0 Å². The third-order valence-corrected chi connectivity index (χ3v) is 2.23. The average molecular weight is 229 g/mol. The average Bonchev–Trinajstić information content (AvgIpc) is 2.16. The van der Waals surface area contributed by atoms with Crippen LogP contribution < -0.4 is 0 Å². The van der Waals surface area contributed by atoms with E-state index in [1.165, 1.54) is 18.2 Å². The maximum absolute atomic E-state index is 10.7. The van der Waals surface area contributed by atoms with Crippen molar-refractivity contribution in [3.05, 3.63) is 34.9 Å². The Labute approximate surface area is 91.1 Å². The fourth-order valence-electron chi connectivity index (χ4n) is 1.22. The summed E-state index contributed by atoms with van der Waals surface area (Å²) in [4.78, 5) is 21.2. The molecule has 0 radical (unpaired) electrons. The summed E-state index contributed by atoms with van der Waals surface area (Å²) in [6.07, 6.45) is -0.219. The minimum absolute atomic E-state index is 0.0696. The van der Waals surface area contributed by atoms with Crippen molar-refractivity contribution in [2.75, 3.05) is 0 Å². The minimum Gasteiger partial charge on any atom is -0.481 e. The normalized spacial score (nSPS) is 9.93. The quantitative estimate of drug-likeness (QED) is 0.770. The van der Waals surface area contributed by atoms with Crippen molar-refractivity contribution >= 4 is 23.5 Å². The lowest BCUT2D eigenvalue weighted by molar-refractivity contribution is -0.136. The van der Waals surface area contributed by atoms with E-state index in [9.17, 15) is 9.59 Å². The molecule has 2 N–H and O–H groups in total. The summed E-state index contributed by atoms with van der Waals surface area (Å²) in [5.41, 5.74) is 1.15. The van der Waals surface area contributed by atoms with Gasteiger partial charge in [-0.05, 0) is 23.3 Å². The highest BCUT2D eigenvalue weighted by molar-refractivity contribution is 6.17. The van der Waals surface area contributed by atoms with Crippen molar-refractivity contribution in [3.8, 4) is 0 Å². The molecule has 1 rings (SSSR count). The number of alkyl halides is 1. The lowest BCUT2D eigenvalue weighted by atomic mass is 10.0. The molecule has 0 saturated carbocycles. The zero-order valence-corrected chi connectivity index (χ0v) is 8.49. The highest BCUT2D eigenvalue weighted by Gasteiger charge is 2.10. The second-order valence-corrected chi connectivity index (χ2v) is 3.26. The lowest BCUT2D eigenvalue weighted by Gasteiger charge is -2.05. The zero-order valence-electron chi connectivity index (χ0n) is 7.74. The van der Waals surface area contributed by atoms with E-state index < -0.39 is 11.9 Å². The maximum Gasteiger partial charge on any atom is 0.335 e. The Balaban J connectivity index is 3.12. The first-order valence-electron chi connectivity index (χ1n) is 4.17. The van der Waals surface area contributed by atoms with Crippen LogP contribution in [-0.4, -0.2) is 22.2 Å². The van der Waals surface area contributed by atoms with E-state index in [2.05, 4.69) is 0 Å². The van der Waals surface area contributed by atoms with E-state index in [-0.39, 0.29) is 17.9 Å². The van der Waals surface area contributed by atoms with Gasteiger partial charge in [0.2, 0.25) is 0 Å². The Morgan fingerprint density at radius 3 is 2.33 bits per heavy atom. The van der Waals surface area contributed by atoms with Gasteiger partial charge in [-0.1, -0.05) is 6.07 Å². The molecule has 0 heterocycles. The number of carboxylic acid groups (broad SMARTS) is 2. The Bertz CT molecular complexity index is 400. The van der Waals surface area contributed by atoms with Crippen molar-refractivity contribution in [3.63, 3.8) is 0 Å². The molecule has 0 saturated heterocycles. The molecular formula is C10H9ClO4. The number of aromatic carboxylic acids is 1. The molecular weight excluding hydrogens is 220 g/mol. The largest absolute Gasteiger partial charge is 0.481 e. The van der Waals surface area contributed by atoms with Gasteiger partial charge in [0.1, 0.15) is 0 Å². The van der Waals surface area contributed by atoms with Crippen molar-refractivity contribution in [1.82, 2.24) is 0 Å². The first-order chi connectivity index (χ1) is 7.04. The number of rotatable bonds is 4. The minimum atomic E-state index is -1.08. The number of benzene rings is 1. The molecule has 15 heavy (non-hydrogen) atoms. The molecule has 0 atom stereocenters. The number of halogens is 1. The summed E-state index contributed by atoms with van der Waals surface area (Å²) < 4.78 is 0. The van der Waals surface area contributed by atoms with Crippen molar-refractivity contribution < 1.29 is 19.8 Å². The molecule has 80 valence electrons. The van der Waals surface area contributed by atoms with E-state index in [1.807, 2.05) is 0 Å². The van der Waals surface area contributed by atoms with Crippen LogP contribution in [0.25, 0.3) is 0 Å². The monoisotopic (exact) mass is 228 g/mol. The van der Waals surface area contributed by atoms with Gasteiger partial charge in [0.25, 0.3) is 0 Å². The highest BCUT2D eigenvalue weighted by Crippen LogP contribution is 2.15. The number of aliphatic carboxylic acids is 1. The molecule has 0 amide bonds. The zero-order chi connectivity index (χ0) is 11.4. The van der Waals surface area contributed by atoms with Crippen molar-refractivity contribution in [1.29, 1.82) is 0 Å². The molecule has 4 nitrogen and oxygen atoms in total. The van der Waals surface area contributed by atoms with Crippen molar-refractivity contribution in [2.45, 2.75) is 12.3 Å². The SMILES string of the molecule is O=C(O)Cc1cc(C(=O)O)ccc1CCl. The Kier molecular flexibility index (Phi) is 3.68. The second kappa shape index (κ2) is 4.79. The molecule has 0 aromatic heterocycles. The van der Waals surface area contributed by atoms with Gasteiger partial charge in [-0.3, -0.25) is 4.79 Å². The predicted octanol–water partition coefficient (Wildman–Crippen LogP) is 1.75. The van der Waals surface area contributed by atoms with Crippen LogP contribution >= 0.6 is 11.6 Å². The smallest absolute Gasteiger partial charge is 0.335 e. The Morgan fingerprint density at radius 1 is 1.20 bits per heavy atom. The van der Waals surface area contributed by atoms with E-state index in [4.69, 9.17) is 21.8 Å². The van der Waals surface area contributed by atoms with Gasteiger partial charge in [0, 0.05) is 5.88 Å². The van der Waals surface area contributed by atoms with Gasteiger partial charge in [-0.15, -0.1) is 11.6 Å². The third-order valence-electron chi connectivity index (χ3n) is 1.94. The Morgan fingerprint density at radius 2 is 1.87 bits per heavy atom. The number of hydrogen-bond donors (Lipinski definition) is 2. The first-order valence-corrected chi connectivity index (χ1v) is 4.71. The summed E-state index contributed by atoms with van der Waals surface area (Å²) in [6.45, 7) is 0. The first kappa shape index (κ1) is 11.5. The topological polar surface area (TPSA) is 74.6 Å². The third kappa shape index (κ3) is 2.95. The van der Waals surface area contributed by atoms with Crippen LogP contribution in [0.2, 0.25) is 0 Å². The van der Waals surface area contributed by atoms with Crippen LogP contribution in [0.5, 0.6) is 0 Å². The number of hydrogen-bond acceptors (Lipinski definition) is 2. The van der Waals surface area contributed by atoms with Crippen LogP contribution in [0.15, 0.2) is 18.2 Å². The molecule has 0 aliphatic rings. The fourth-order valence-corrected chi connectivity index (χ4v) is 1.48. The number of carboxylic acids is 2. The molecule has 0 fully saturated rings. The summed E-state index contributed by atoms with van der Waals surface area (Å²) in [5, 5.41) is 17.4. The second-order valence-electron chi connectivity index (χ2n) is 2.99. The van der Waals surface area contributed by atoms with Crippen LogP contribution in [0.1, 0.15) is 21.5 Å². The summed E-state index contributed by atoms with van der Waals surface area (Å²) in [7, 11) is 0. The molecule has 0 aliphatic heterocycles. The number of carbonyl (C=O) groups is 2. The Hall–Kier alpha value is -1.55. The summed E-state index contributed by atoms with van der Waals surface area (Å²) in [6, 6.07) is 4.29. The van der Waals surface area contributed by atoms with Gasteiger partial charge in [0.15, 0.2) is 0 Å². The summed E-state index contributed by atoms with van der Waals surface area (Å²) in [5.74, 6) is -1.92. The van der Waals surface area contributed by atoms with Crippen LogP contribution in [-0.2, 0) is 17.1 Å². The lowest BCUT2D eigenvalue weighted by Crippen LogP contribution is -2.05. The molecule has 0 bridgehead atoms. The maximum atomic E-state index is 10.7. The van der Waals surface area contributed by atoms with Crippen LogP contribution in [0.3, 0.4) is 0 Å². The van der Waals surface area contributed by atoms with E-state index in [1.54, 1.807) is 0 Å². The highest BCUT2D eigenvalue weighted by atomic mass is 35.5. The molecule has 0 aliphatic carbocycles. The van der Waals surface area contributed by atoms with E-state index in [0.717, 1.165) is 0 Å². The van der Waals surface area contributed by atoms with Gasteiger partial charge in [-0.25, -0.2) is 4.79 Å². The van der Waals surface area contributed by atoms with Crippen molar-refractivity contribution in [2.24, 2.45) is 0 Å². The van der Waals surface area contributed by atoms with E-state index in [0.29, 0.717) is 11.1 Å². The standard InChI is InChI=1S/C10H9ClO4/c11-5-7-2-1-6(10(14)15)3-8(7)4-9(12)13/h1-3H,4-5H2,(H,12,13)(H,14,15). The molecule has 0 unspecified atom stereocenters. The molecule has 1 aromatic rings. The molecule has 0 spiro atoms. The fraction of sp³-hybridized carbons (Fsp3) is 0.200. The van der Waals surface area contributed by atoms with E-state index >= 15 is 0 Å². The van der Waals surface area contributed by atoms with Crippen LogP contribution in [0, 0.1) is 0 Å².